The minimum absolute atomic E-state index is 0.0173. The Morgan fingerprint density at radius 2 is 2.00 bits per heavy atom. The van der Waals surface area contributed by atoms with Gasteiger partial charge in [-0.1, -0.05) is 26.0 Å². The number of aromatic nitrogens is 1. The summed E-state index contributed by atoms with van der Waals surface area (Å²) in [5.74, 6) is 0.308. The maximum absolute atomic E-state index is 12.3. The van der Waals surface area contributed by atoms with Gasteiger partial charge in [-0.25, -0.2) is 4.98 Å². The molecule has 6 nitrogen and oxygen atoms in total. The van der Waals surface area contributed by atoms with Crippen LogP contribution in [-0.4, -0.2) is 23.9 Å². The lowest BCUT2D eigenvalue weighted by Gasteiger charge is -2.10. The molecular formula is C19H23N3O3. The van der Waals surface area contributed by atoms with Crippen molar-refractivity contribution in [2.24, 2.45) is 5.92 Å². The van der Waals surface area contributed by atoms with Crippen LogP contribution in [0.25, 0.3) is 0 Å². The molecule has 0 aliphatic carbocycles. The zero-order valence-corrected chi connectivity index (χ0v) is 14.7. The first-order valence-electron chi connectivity index (χ1n) is 8.15. The monoisotopic (exact) mass is 341 g/mol. The van der Waals surface area contributed by atoms with Gasteiger partial charge in [0, 0.05) is 24.8 Å². The SMILES string of the molecule is COc1ncccc1C(=O)NCc1cccc(NC(=O)CC(C)C)c1. The van der Waals surface area contributed by atoms with E-state index in [1.807, 2.05) is 38.1 Å². The first kappa shape index (κ1) is 18.4. The van der Waals surface area contributed by atoms with E-state index in [1.54, 1.807) is 18.3 Å². The van der Waals surface area contributed by atoms with Gasteiger partial charge in [0.15, 0.2) is 0 Å². The van der Waals surface area contributed by atoms with Crippen LogP contribution in [0.1, 0.15) is 36.2 Å². The van der Waals surface area contributed by atoms with Crippen LogP contribution in [0.5, 0.6) is 5.88 Å². The summed E-state index contributed by atoms with van der Waals surface area (Å²) in [5, 5.41) is 5.70. The van der Waals surface area contributed by atoms with Crippen LogP contribution >= 0.6 is 0 Å². The van der Waals surface area contributed by atoms with E-state index >= 15 is 0 Å². The normalized spacial score (nSPS) is 10.4. The third kappa shape index (κ3) is 5.60. The summed E-state index contributed by atoms with van der Waals surface area (Å²) in [6.07, 6.45) is 2.04. The van der Waals surface area contributed by atoms with E-state index in [9.17, 15) is 9.59 Å². The Balaban J connectivity index is 1.98. The van der Waals surface area contributed by atoms with Crippen molar-refractivity contribution >= 4 is 17.5 Å². The predicted octanol–water partition coefficient (Wildman–Crippen LogP) is 3.00. The number of hydrogen-bond acceptors (Lipinski definition) is 4. The zero-order valence-electron chi connectivity index (χ0n) is 14.7. The van der Waals surface area contributed by atoms with Gasteiger partial charge in [-0.3, -0.25) is 9.59 Å². The number of nitrogens with zero attached hydrogens (tertiary/aromatic N) is 1. The molecule has 0 spiro atoms. The van der Waals surface area contributed by atoms with Gasteiger partial charge in [-0.05, 0) is 35.7 Å². The number of pyridine rings is 1. The van der Waals surface area contributed by atoms with E-state index in [4.69, 9.17) is 4.74 Å². The van der Waals surface area contributed by atoms with Gasteiger partial charge in [0.2, 0.25) is 11.8 Å². The molecule has 25 heavy (non-hydrogen) atoms. The number of carbonyl (C=O) groups excluding carboxylic acids is 2. The van der Waals surface area contributed by atoms with Gasteiger partial charge in [-0.2, -0.15) is 0 Å². The summed E-state index contributed by atoms with van der Waals surface area (Å²) in [5.41, 5.74) is 1.99. The number of rotatable bonds is 7. The summed E-state index contributed by atoms with van der Waals surface area (Å²) >= 11 is 0. The highest BCUT2D eigenvalue weighted by atomic mass is 16.5. The second-order valence-electron chi connectivity index (χ2n) is 6.09. The van der Waals surface area contributed by atoms with Gasteiger partial charge in [0.1, 0.15) is 5.56 Å². The van der Waals surface area contributed by atoms with Gasteiger partial charge in [0.05, 0.1) is 7.11 Å². The molecule has 132 valence electrons. The summed E-state index contributed by atoms with van der Waals surface area (Å²) in [6.45, 7) is 4.33. The molecule has 1 aromatic heterocycles. The predicted molar refractivity (Wildman–Crippen MR) is 96.5 cm³/mol. The van der Waals surface area contributed by atoms with E-state index in [0.717, 1.165) is 11.3 Å². The Morgan fingerprint density at radius 1 is 1.20 bits per heavy atom. The van der Waals surface area contributed by atoms with Crippen LogP contribution in [0.15, 0.2) is 42.6 Å². The Morgan fingerprint density at radius 3 is 2.72 bits per heavy atom. The summed E-state index contributed by atoms with van der Waals surface area (Å²) in [6, 6.07) is 10.7. The fourth-order valence-corrected chi connectivity index (χ4v) is 2.35. The Kier molecular flexibility index (Phi) is 6.51. The van der Waals surface area contributed by atoms with Gasteiger partial charge in [0.25, 0.3) is 5.91 Å². The molecule has 0 aliphatic rings. The standard InChI is InChI=1S/C19H23N3O3/c1-13(2)10-17(23)22-15-7-4-6-14(11-15)12-21-18(24)16-8-5-9-20-19(16)25-3/h4-9,11,13H,10,12H2,1-3H3,(H,21,24)(H,22,23). The third-order valence-electron chi connectivity index (χ3n) is 3.47. The van der Waals surface area contributed by atoms with Crippen molar-refractivity contribution < 1.29 is 14.3 Å². The maximum Gasteiger partial charge on any atom is 0.257 e. The molecule has 1 aromatic carbocycles. The molecule has 0 aliphatic heterocycles. The van der Waals surface area contributed by atoms with Crippen molar-refractivity contribution in [3.63, 3.8) is 0 Å². The maximum atomic E-state index is 12.3. The van der Waals surface area contributed by atoms with Crippen molar-refractivity contribution in [3.05, 3.63) is 53.7 Å². The van der Waals surface area contributed by atoms with Crippen LogP contribution in [0.4, 0.5) is 5.69 Å². The molecule has 0 unspecified atom stereocenters. The second-order valence-corrected chi connectivity index (χ2v) is 6.09. The molecule has 2 rings (SSSR count). The van der Waals surface area contributed by atoms with Crippen molar-refractivity contribution in [1.29, 1.82) is 0 Å². The van der Waals surface area contributed by atoms with Crippen molar-refractivity contribution in [1.82, 2.24) is 10.3 Å². The first-order chi connectivity index (χ1) is 12.0. The number of anilines is 1. The molecule has 0 atom stereocenters. The molecule has 0 fully saturated rings. The highest BCUT2D eigenvalue weighted by Gasteiger charge is 2.12. The quantitative estimate of drug-likeness (QED) is 0.811. The van der Waals surface area contributed by atoms with E-state index in [1.165, 1.54) is 7.11 Å². The molecule has 0 radical (unpaired) electrons. The van der Waals surface area contributed by atoms with Crippen LogP contribution in [0.2, 0.25) is 0 Å². The third-order valence-corrected chi connectivity index (χ3v) is 3.47. The van der Waals surface area contributed by atoms with Gasteiger partial charge < -0.3 is 15.4 Å². The molecule has 0 saturated carbocycles. The van der Waals surface area contributed by atoms with Crippen molar-refractivity contribution in [2.75, 3.05) is 12.4 Å². The highest BCUT2D eigenvalue weighted by Crippen LogP contribution is 2.15. The molecule has 0 saturated heterocycles. The number of carbonyl (C=O) groups is 2. The fourth-order valence-electron chi connectivity index (χ4n) is 2.35. The minimum Gasteiger partial charge on any atom is -0.480 e. The van der Waals surface area contributed by atoms with Crippen molar-refractivity contribution in [2.45, 2.75) is 26.8 Å². The number of methoxy groups -OCH3 is 1. The van der Waals surface area contributed by atoms with Crippen LogP contribution in [0.3, 0.4) is 0 Å². The van der Waals surface area contributed by atoms with E-state index in [0.29, 0.717) is 24.4 Å². The van der Waals surface area contributed by atoms with Crippen LogP contribution in [0, 0.1) is 5.92 Å². The molecule has 2 aromatic rings. The van der Waals surface area contributed by atoms with E-state index < -0.39 is 0 Å². The van der Waals surface area contributed by atoms with E-state index in [2.05, 4.69) is 15.6 Å². The molecule has 6 heteroatoms. The minimum atomic E-state index is -0.265. The topological polar surface area (TPSA) is 80.3 Å². The van der Waals surface area contributed by atoms with Crippen molar-refractivity contribution in [3.8, 4) is 5.88 Å². The smallest absolute Gasteiger partial charge is 0.257 e. The number of hydrogen-bond donors (Lipinski definition) is 2. The number of ether oxygens (including phenoxy) is 1. The molecule has 1 heterocycles. The molecule has 2 N–H and O–H groups in total. The summed E-state index contributed by atoms with van der Waals surface area (Å²) < 4.78 is 5.09. The largest absolute Gasteiger partial charge is 0.480 e. The summed E-state index contributed by atoms with van der Waals surface area (Å²) in [7, 11) is 1.47. The average molecular weight is 341 g/mol. The Labute approximate surface area is 147 Å². The van der Waals surface area contributed by atoms with E-state index in [-0.39, 0.29) is 17.7 Å². The molecule has 0 bridgehead atoms. The van der Waals surface area contributed by atoms with Crippen LogP contribution < -0.4 is 15.4 Å². The lowest BCUT2D eigenvalue weighted by molar-refractivity contribution is -0.116. The average Bonchev–Trinajstić information content (AvgIpc) is 2.59. The fraction of sp³-hybridized carbons (Fsp3) is 0.316. The zero-order chi connectivity index (χ0) is 18.2. The Bertz CT molecular complexity index is 744. The number of benzene rings is 1. The van der Waals surface area contributed by atoms with Gasteiger partial charge >= 0.3 is 0 Å². The molecule has 2 amide bonds. The Hall–Kier alpha value is -2.89. The lowest BCUT2D eigenvalue weighted by atomic mass is 10.1. The second kappa shape index (κ2) is 8.82. The van der Waals surface area contributed by atoms with Crippen LogP contribution in [-0.2, 0) is 11.3 Å². The van der Waals surface area contributed by atoms with Gasteiger partial charge in [-0.15, -0.1) is 0 Å². The highest BCUT2D eigenvalue weighted by molar-refractivity contribution is 5.96. The number of nitrogens with one attached hydrogen (secondary N) is 2. The summed E-state index contributed by atoms with van der Waals surface area (Å²) in [4.78, 5) is 28.1. The lowest BCUT2D eigenvalue weighted by Crippen LogP contribution is -2.23. The first-order valence-corrected chi connectivity index (χ1v) is 8.15. The number of amides is 2. The molecular weight excluding hydrogens is 318 g/mol.